The summed E-state index contributed by atoms with van der Waals surface area (Å²) >= 11 is 0. The molecule has 2 saturated heterocycles. The van der Waals surface area contributed by atoms with Crippen molar-refractivity contribution in [3.63, 3.8) is 0 Å². The van der Waals surface area contributed by atoms with Crippen molar-refractivity contribution in [3.8, 4) is 0 Å². The van der Waals surface area contributed by atoms with Crippen LogP contribution < -0.4 is 0 Å². The van der Waals surface area contributed by atoms with Crippen LogP contribution in [-0.2, 0) is 42.9 Å². The number of cyclic esters (lactones) is 1. The quantitative estimate of drug-likeness (QED) is 0.138. The first kappa shape index (κ1) is 54.5. The molecule has 1 amide bonds. The summed E-state index contributed by atoms with van der Waals surface area (Å²) in [5.41, 5.74) is 1.33. The van der Waals surface area contributed by atoms with E-state index in [1.165, 1.54) is 12.0 Å². The molecule has 14 heteroatoms. The molecule has 65 heavy (non-hydrogen) atoms. The van der Waals surface area contributed by atoms with E-state index >= 15 is 0 Å². The van der Waals surface area contributed by atoms with Crippen molar-refractivity contribution in [2.24, 2.45) is 35.5 Å². The number of piperidine rings is 1. The second-order valence-electron chi connectivity index (χ2n) is 19.8. The minimum absolute atomic E-state index is 0.0183. The number of carbonyl (C=O) groups is 4. The average molecular weight is 916 g/mol. The average Bonchev–Trinajstić information content (AvgIpc) is 3.28. The summed E-state index contributed by atoms with van der Waals surface area (Å²) in [5, 5.41) is 45.7. The van der Waals surface area contributed by atoms with Gasteiger partial charge in [0, 0.05) is 58.5 Å². The smallest absolute Gasteiger partial charge is 0.329 e. The van der Waals surface area contributed by atoms with Crippen molar-refractivity contribution < 1.29 is 63.3 Å². The van der Waals surface area contributed by atoms with E-state index < -0.39 is 90.0 Å². The van der Waals surface area contributed by atoms with Crippen LogP contribution >= 0.6 is 0 Å². The number of aliphatic hydroxyl groups is 4. The number of fused-ring (bicyclic) bond motifs is 3. The molecule has 0 radical (unpaired) electrons. The van der Waals surface area contributed by atoms with Gasteiger partial charge in [0.05, 0.1) is 30.5 Å². The van der Waals surface area contributed by atoms with Crippen molar-refractivity contribution in [3.05, 3.63) is 47.6 Å². The SMILES string of the molecule is CO[C@H]1C[C@@H]2CC[C@@H](C)[C@@](O)(O2)C(=O)C(=O)N2CCCC[C@H]2C(=O)O[C@H]([C@H](C)C[C@H]2CC[C@@H](O)[C@H](OC)C2)C[C@@H](O)[C@H](C)/C=C(\C)[C@@H](O)[C@@H](OC)C(=O)[C@H](C)C[C@H](C)/C=C/C=C/C=C/1C. The molecule has 4 rings (SSSR count). The molecule has 0 spiro atoms. The van der Waals surface area contributed by atoms with E-state index in [0.29, 0.717) is 63.4 Å². The van der Waals surface area contributed by atoms with Crippen LogP contribution in [0, 0.1) is 35.5 Å². The Morgan fingerprint density at radius 1 is 0.815 bits per heavy atom. The number of allylic oxidation sites excluding steroid dienone is 5. The fourth-order valence-electron chi connectivity index (χ4n) is 10.3. The van der Waals surface area contributed by atoms with Gasteiger partial charge in [-0.2, -0.15) is 0 Å². The maximum absolute atomic E-state index is 14.4. The Morgan fingerprint density at radius 3 is 2.22 bits per heavy atom. The summed E-state index contributed by atoms with van der Waals surface area (Å²) in [6.07, 6.45) is 10.9. The maximum Gasteiger partial charge on any atom is 0.329 e. The first-order valence-corrected chi connectivity index (χ1v) is 24.1. The highest BCUT2D eigenvalue weighted by atomic mass is 16.6. The Morgan fingerprint density at radius 2 is 1.54 bits per heavy atom. The lowest BCUT2D eigenvalue weighted by atomic mass is 9.78. The van der Waals surface area contributed by atoms with Crippen LogP contribution in [0.4, 0.5) is 0 Å². The third-order valence-electron chi connectivity index (χ3n) is 14.7. The lowest BCUT2D eigenvalue weighted by molar-refractivity contribution is -0.265. The zero-order chi connectivity index (χ0) is 48.2. The molecular formula is C51H81NO13. The number of rotatable bonds is 6. The molecule has 0 aromatic rings. The van der Waals surface area contributed by atoms with Gasteiger partial charge in [0.2, 0.25) is 5.79 Å². The summed E-state index contributed by atoms with van der Waals surface area (Å²) in [6.45, 7) is 13.0. The largest absolute Gasteiger partial charge is 0.460 e. The van der Waals surface area contributed by atoms with Gasteiger partial charge in [-0.3, -0.25) is 14.4 Å². The van der Waals surface area contributed by atoms with Crippen molar-refractivity contribution in [2.75, 3.05) is 27.9 Å². The predicted molar refractivity (Wildman–Crippen MR) is 246 cm³/mol. The zero-order valence-corrected chi connectivity index (χ0v) is 40.7. The summed E-state index contributed by atoms with van der Waals surface area (Å²) in [4.78, 5) is 57.8. The minimum Gasteiger partial charge on any atom is -0.460 e. The second-order valence-corrected chi connectivity index (χ2v) is 19.8. The summed E-state index contributed by atoms with van der Waals surface area (Å²) in [7, 11) is 4.55. The molecule has 1 saturated carbocycles. The van der Waals surface area contributed by atoms with Crippen molar-refractivity contribution >= 4 is 23.4 Å². The Bertz CT molecular complexity index is 1710. The number of hydrogen-bond acceptors (Lipinski definition) is 13. The Hall–Kier alpha value is -3.08. The van der Waals surface area contributed by atoms with E-state index in [1.807, 2.05) is 58.1 Å². The molecule has 0 aromatic heterocycles. The maximum atomic E-state index is 14.4. The van der Waals surface area contributed by atoms with Crippen LogP contribution in [0.5, 0.6) is 0 Å². The molecule has 3 fully saturated rings. The van der Waals surface area contributed by atoms with Crippen LogP contribution in [0.1, 0.15) is 126 Å². The second kappa shape index (κ2) is 25.3. The number of ether oxygens (including phenoxy) is 5. The van der Waals surface area contributed by atoms with Gasteiger partial charge < -0.3 is 49.0 Å². The van der Waals surface area contributed by atoms with Crippen LogP contribution in [0.3, 0.4) is 0 Å². The Kier molecular flexibility index (Phi) is 21.3. The lowest BCUT2D eigenvalue weighted by Crippen LogP contribution is -2.61. The highest BCUT2D eigenvalue weighted by molar-refractivity contribution is 6.39. The standard InChI is InChI=1S/C51H81NO13/c1-30-16-12-11-13-17-31(2)42(61-8)28-38-21-19-36(7)51(60,65-38)48(57)49(58)52-23-15-14-18-39(52)50(59)64-43(33(4)26-37-20-22-40(53)44(27-37)62-9)29-41(54)32(3)25-35(6)46(56)47(63-10)45(55)34(5)24-30/h11-13,16-17,25,30,32-34,36-44,46-47,53-54,56,60H,14-15,18-24,26-29H2,1-10H3/b13-11+,16-12+,31-17+,35-25+/t30-,32-,33-,34-,36-,37-,38+,39+,40-,41-,42+,43+,44-,46-,47+,51-/m1/s1. The van der Waals surface area contributed by atoms with Gasteiger partial charge in [0.15, 0.2) is 5.78 Å². The number of carbonyl (C=O) groups excluding carboxylic acids is 4. The topological polar surface area (TPSA) is 199 Å². The third kappa shape index (κ3) is 14.5. The highest BCUT2D eigenvalue weighted by Crippen LogP contribution is 2.38. The molecule has 4 aliphatic rings. The third-order valence-corrected chi connectivity index (χ3v) is 14.7. The van der Waals surface area contributed by atoms with E-state index in [2.05, 4.69) is 0 Å². The van der Waals surface area contributed by atoms with Gasteiger partial charge >= 0.3 is 5.97 Å². The normalized spacial score (nSPS) is 41.5. The van der Waals surface area contributed by atoms with Crippen molar-refractivity contribution in [1.82, 2.24) is 4.90 Å². The van der Waals surface area contributed by atoms with Crippen LogP contribution in [0.25, 0.3) is 0 Å². The summed E-state index contributed by atoms with van der Waals surface area (Å²) in [5.74, 6) is -7.26. The Balaban J connectivity index is 1.70. The molecule has 16 atom stereocenters. The molecule has 1 aliphatic carbocycles. The summed E-state index contributed by atoms with van der Waals surface area (Å²) < 4.78 is 29.5. The fraction of sp³-hybridized carbons (Fsp3) is 0.765. The van der Waals surface area contributed by atoms with E-state index in [-0.39, 0.29) is 49.0 Å². The molecule has 368 valence electrons. The lowest BCUT2D eigenvalue weighted by Gasteiger charge is -2.43. The number of aliphatic hydroxyl groups excluding tert-OH is 3. The summed E-state index contributed by atoms with van der Waals surface area (Å²) in [6, 6.07) is -1.11. The zero-order valence-electron chi connectivity index (χ0n) is 40.7. The monoisotopic (exact) mass is 916 g/mol. The number of amides is 1. The number of methoxy groups -OCH3 is 3. The van der Waals surface area contributed by atoms with Crippen LogP contribution in [0.2, 0.25) is 0 Å². The van der Waals surface area contributed by atoms with Crippen molar-refractivity contribution in [1.29, 1.82) is 0 Å². The number of esters is 1. The number of Topliss-reactive ketones (excluding diaryl/α,β-unsaturated/α-hetero) is 2. The number of nitrogens with zero attached hydrogens (tertiary/aromatic N) is 1. The van der Waals surface area contributed by atoms with E-state index in [1.54, 1.807) is 41.1 Å². The molecule has 0 unspecified atom stereocenters. The molecule has 3 aliphatic heterocycles. The Labute approximate surface area is 387 Å². The van der Waals surface area contributed by atoms with Crippen LogP contribution in [-0.4, -0.2) is 137 Å². The van der Waals surface area contributed by atoms with E-state index in [4.69, 9.17) is 23.7 Å². The minimum atomic E-state index is -2.42. The first-order chi connectivity index (χ1) is 30.7. The first-order valence-electron chi connectivity index (χ1n) is 24.1. The van der Waals surface area contributed by atoms with Crippen molar-refractivity contribution in [2.45, 2.75) is 186 Å². The molecule has 0 aromatic carbocycles. The fourth-order valence-corrected chi connectivity index (χ4v) is 10.3. The molecular weight excluding hydrogens is 835 g/mol. The molecule has 4 N–H and O–H groups in total. The molecule has 14 nitrogen and oxygen atoms in total. The van der Waals surface area contributed by atoms with Gasteiger partial charge in [0.25, 0.3) is 11.7 Å². The van der Waals surface area contributed by atoms with Gasteiger partial charge in [-0.25, -0.2) is 4.79 Å². The number of hydrogen-bond donors (Lipinski definition) is 4. The highest BCUT2D eigenvalue weighted by Gasteiger charge is 2.53. The predicted octanol–water partition coefficient (Wildman–Crippen LogP) is 5.97. The van der Waals surface area contributed by atoms with Gasteiger partial charge in [-0.1, -0.05) is 71.1 Å². The van der Waals surface area contributed by atoms with E-state index in [9.17, 15) is 39.6 Å². The number of ketones is 2. The van der Waals surface area contributed by atoms with E-state index in [0.717, 1.165) is 12.0 Å². The van der Waals surface area contributed by atoms with Gasteiger partial charge in [0.1, 0.15) is 24.4 Å². The van der Waals surface area contributed by atoms with Gasteiger partial charge in [-0.15, -0.1) is 0 Å². The van der Waals surface area contributed by atoms with Gasteiger partial charge in [-0.05, 0) is 107 Å². The van der Waals surface area contributed by atoms with Crippen LogP contribution in [0.15, 0.2) is 47.6 Å². The molecule has 3 heterocycles. The molecule has 2 bridgehead atoms.